The van der Waals surface area contributed by atoms with Crippen molar-refractivity contribution in [2.45, 2.75) is 49.6 Å². The first-order chi connectivity index (χ1) is 10.8. The van der Waals surface area contributed by atoms with Gasteiger partial charge in [0.15, 0.2) is 0 Å². The lowest BCUT2D eigenvalue weighted by Gasteiger charge is -2.23. The van der Waals surface area contributed by atoms with Crippen LogP contribution in [-0.2, 0) is 21.2 Å². The quantitative estimate of drug-likeness (QED) is 0.735. The molecule has 1 aliphatic carbocycles. The van der Waals surface area contributed by atoms with Crippen molar-refractivity contribution in [2.24, 2.45) is 5.73 Å². The van der Waals surface area contributed by atoms with Gasteiger partial charge in [0.2, 0.25) is 15.9 Å². The van der Waals surface area contributed by atoms with E-state index in [1.165, 1.54) is 0 Å². The molecule has 0 aliphatic heterocycles. The topological polar surface area (TPSA) is 92.5 Å². The zero-order valence-electron chi connectivity index (χ0n) is 13.7. The second-order valence-corrected chi connectivity index (χ2v) is 7.84. The molecule has 1 unspecified atom stereocenters. The fourth-order valence-electron chi connectivity index (χ4n) is 2.16. The van der Waals surface area contributed by atoms with Gasteiger partial charge in [-0.2, -0.15) is 0 Å². The van der Waals surface area contributed by atoms with Crippen LogP contribution in [0.25, 0.3) is 0 Å². The van der Waals surface area contributed by atoms with E-state index >= 15 is 0 Å². The number of nitrogens with one attached hydrogen (secondary N) is 1. The van der Waals surface area contributed by atoms with Crippen molar-refractivity contribution in [3.05, 3.63) is 29.8 Å². The molecule has 7 heteroatoms. The van der Waals surface area contributed by atoms with Crippen LogP contribution in [0.5, 0.6) is 0 Å². The number of hydrogen-bond donors (Lipinski definition) is 2. The summed E-state index contributed by atoms with van der Waals surface area (Å²) in [5, 5.41) is 0. The first kappa shape index (κ1) is 17.9. The third-order valence-corrected chi connectivity index (χ3v) is 5.69. The molecule has 128 valence electrons. The van der Waals surface area contributed by atoms with Gasteiger partial charge in [-0.3, -0.25) is 4.79 Å². The number of sulfonamides is 1. The van der Waals surface area contributed by atoms with E-state index in [-0.39, 0.29) is 22.9 Å². The zero-order chi connectivity index (χ0) is 17.0. The van der Waals surface area contributed by atoms with Gasteiger partial charge in [-0.25, -0.2) is 13.1 Å². The Morgan fingerprint density at radius 2 is 1.96 bits per heavy atom. The van der Waals surface area contributed by atoms with Crippen molar-refractivity contribution < 1.29 is 13.2 Å². The molecule has 1 aromatic carbocycles. The molecule has 0 bridgehead atoms. The second-order valence-electron chi connectivity index (χ2n) is 6.13. The van der Waals surface area contributed by atoms with Crippen molar-refractivity contribution in [1.82, 2.24) is 9.62 Å². The maximum absolute atomic E-state index is 12.1. The highest BCUT2D eigenvalue weighted by Crippen LogP contribution is 2.22. The Hall–Kier alpha value is -1.44. The van der Waals surface area contributed by atoms with Crippen LogP contribution in [0, 0.1) is 0 Å². The molecule has 1 fully saturated rings. The van der Waals surface area contributed by atoms with Crippen LogP contribution in [0.1, 0.15) is 31.7 Å². The summed E-state index contributed by atoms with van der Waals surface area (Å²) in [5.41, 5.74) is 6.50. The Balaban J connectivity index is 1.91. The lowest BCUT2D eigenvalue weighted by atomic mass is 10.1. The normalized spacial score (nSPS) is 16.1. The molecule has 0 spiro atoms. The molecule has 6 nitrogen and oxygen atoms in total. The van der Waals surface area contributed by atoms with Crippen LogP contribution >= 0.6 is 0 Å². The van der Waals surface area contributed by atoms with Crippen LogP contribution in [0.3, 0.4) is 0 Å². The van der Waals surface area contributed by atoms with Gasteiger partial charge in [-0.05, 0) is 43.9 Å². The highest BCUT2D eigenvalue weighted by atomic mass is 32.2. The first-order valence-corrected chi connectivity index (χ1v) is 9.39. The molecule has 23 heavy (non-hydrogen) atoms. The minimum atomic E-state index is -3.41. The fourth-order valence-corrected chi connectivity index (χ4v) is 3.46. The zero-order valence-corrected chi connectivity index (χ0v) is 14.5. The minimum Gasteiger partial charge on any atom is -0.342 e. The Morgan fingerprint density at radius 3 is 2.48 bits per heavy atom. The molecule has 1 amide bonds. The summed E-state index contributed by atoms with van der Waals surface area (Å²) < 4.78 is 26.8. The summed E-state index contributed by atoms with van der Waals surface area (Å²) in [7, 11) is -1.66. The maximum atomic E-state index is 12.1. The highest BCUT2D eigenvalue weighted by molar-refractivity contribution is 7.89. The fraction of sp³-hybridized carbons (Fsp3) is 0.562. The summed E-state index contributed by atoms with van der Waals surface area (Å²) >= 11 is 0. The standard InChI is InChI=1S/C16H25N3O3S/c1-12(11-17)19(2)16(20)10-5-13-3-8-15(9-4-13)23(21,22)18-14-6-7-14/h3-4,8-9,12,14,18H,5-7,10-11,17H2,1-2H3. The molecule has 1 aliphatic rings. The van der Waals surface area contributed by atoms with Crippen LogP contribution in [0.2, 0.25) is 0 Å². The van der Waals surface area contributed by atoms with E-state index < -0.39 is 10.0 Å². The molecule has 0 heterocycles. The Bertz CT molecular complexity index is 639. The number of benzene rings is 1. The minimum absolute atomic E-state index is 0.0171. The van der Waals surface area contributed by atoms with E-state index in [1.807, 2.05) is 6.92 Å². The monoisotopic (exact) mass is 339 g/mol. The van der Waals surface area contributed by atoms with Crippen molar-refractivity contribution >= 4 is 15.9 Å². The van der Waals surface area contributed by atoms with Gasteiger partial charge in [-0.15, -0.1) is 0 Å². The van der Waals surface area contributed by atoms with Gasteiger partial charge >= 0.3 is 0 Å². The summed E-state index contributed by atoms with van der Waals surface area (Å²) in [6.07, 6.45) is 2.78. The Morgan fingerprint density at radius 1 is 1.35 bits per heavy atom. The number of rotatable bonds is 8. The van der Waals surface area contributed by atoms with Crippen molar-refractivity contribution in [2.75, 3.05) is 13.6 Å². The smallest absolute Gasteiger partial charge is 0.240 e. The van der Waals surface area contributed by atoms with E-state index in [2.05, 4.69) is 4.72 Å². The van der Waals surface area contributed by atoms with Crippen LogP contribution in [-0.4, -0.2) is 44.9 Å². The van der Waals surface area contributed by atoms with Crippen LogP contribution in [0.4, 0.5) is 0 Å². The number of aryl methyl sites for hydroxylation is 1. The molecule has 1 aromatic rings. The predicted octanol–water partition coefficient (Wildman–Crippen LogP) is 0.866. The Labute approximate surface area is 138 Å². The molecule has 1 atom stereocenters. The van der Waals surface area contributed by atoms with E-state index in [9.17, 15) is 13.2 Å². The summed E-state index contributed by atoms with van der Waals surface area (Å²) in [5.74, 6) is 0.0371. The van der Waals surface area contributed by atoms with Crippen molar-refractivity contribution in [3.8, 4) is 0 Å². The molecule has 2 rings (SSSR count). The van der Waals surface area contributed by atoms with E-state index in [4.69, 9.17) is 5.73 Å². The molecular formula is C16H25N3O3S. The van der Waals surface area contributed by atoms with Crippen molar-refractivity contribution in [1.29, 1.82) is 0 Å². The third kappa shape index (κ3) is 5.02. The largest absolute Gasteiger partial charge is 0.342 e. The Kier molecular flexibility index (Phi) is 5.78. The summed E-state index contributed by atoms with van der Waals surface area (Å²) in [6.45, 7) is 2.34. The van der Waals surface area contributed by atoms with Gasteiger partial charge in [0.1, 0.15) is 0 Å². The van der Waals surface area contributed by atoms with Gasteiger partial charge in [0.25, 0.3) is 0 Å². The summed E-state index contributed by atoms with van der Waals surface area (Å²) in [6, 6.07) is 6.83. The van der Waals surface area contributed by atoms with Crippen LogP contribution in [0.15, 0.2) is 29.2 Å². The van der Waals surface area contributed by atoms with E-state index in [1.54, 1.807) is 36.2 Å². The highest BCUT2D eigenvalue weighted by Gasteiger charge is 2.27. The number of hydrogen-bond acceptors (Lipinski definition) is 4. The van der Waals surface area contributed by atoms with Crippen molar-refractivity contribution in [3.63, 3.8) is 0 Å². The average Bonchev–Trinajstić information content (AvgIpc) is 3.34. The first-order valence-electron chi connectivity index (χ1n) is 7.90. The molecule has 0 saturated heterocycles. The van der Waals surface area contributed by atoms with Gasteiger partial charge in [0.05, 0.1) is 4.90 Å². The van der Waals surface area contributed by atoms with E-state index in [0.717, 1.165) is 18.4 Å². The van der Waals surface area contributed by atoms with E-state index in [0.29, 0.717) is 19.4 Å². The number of nitrogens with zero attached hydrogens (tertiary/aromatic N) is 1. The maximum Gasteiger partial charge on any atom is 0.240 e. The van der Waals surface area contributed by atoms with Gasteiger partial charge in [0, 0.05) is 32.1 Å². The molecule has 1 saturated carbocycles. The molecule has 0 radical (unpaired) electrons. The lowest BCUT2D eigenvalue weighted by Crippen LogP contribution is -2.39. The lowest BCUT2D eigenvalue weighted by molar-refractivity contribution is -0.131. The molecular weight excluding hydrogens is 314 g/mol. The predicted molar refractivity (Wildman–Crippen MR) is 89.4 cm³/mol. The average molecular weight is 339 g/mol. The second kappa shape index (κ2) is 7.42. The van der Waals surface area contributed by atoms with Crippen LogP contribution < -0.4 is 10.5 Å². The number of carbonyl (C=O) groups is 1. The molecule has 3 N–H and O–H groups in total. The SMILES string of the molecule is CC(CN)N(C)C(=O)CCc1ccc(S(=O)(=O)NC2CC2)cc1. The van der Waals surface area contributed by atoms with Gasteiger partial charge < -0.3 is 10.6 Å². The number of amides is 1. The third-order valence-electron chi connectivity index (χ3n) is 4.16. The number of nitrogens with two attached hydrogens (primary N) is 1. The number of carbonyl (C=O) groups excluding carboxylic acids is 1. The summed E-state index contributed by atoms with van der Waals surface area (Å²) in [4.78, 5) is 14.0. The number of likely N-dealkylation sites (N-methyl/N-ethyl adjacent to an activating group) is 1. The van der Waals surface area contributed by atoms with Gasteiger partial charge in [-0.1, -0.05) is 12.1 Å². The molecule has 0 aromatic heterocycles.